The van der Waals surface area contributed by atoms with Crippen molar-refractivity contribution in [3.05, 3.63) is 23.4 Å². The van der Waals surface area contributed by atoms with E-state index in [1.54, 1.807) is 6.07 Å². The number of aryl methyl sites for hydroxylation is 1. The fourth-order valence-corrected chi connectivity index (χ4v) is 3.03. The molecule has 2 heterocycles. The Labute approximate surface area is 111 Å². The van der Waals surface area contributed by atoms with E-state index in [0.717, 1.165) is 24.1 Å². The molecule has 102 valence electrons. The van der Waals surface area contributed by atoms with Crippen LogP contribution in [0.4, 0.5) is 0 Å². The maximum atomic E-state index is 12.0. The Bertz CT molecular complexity index is 710. The second-order valence-electron chi connectivity index (χ2n) is 4.84. The van der Waals surface area contributed by atoms with Crippen LogP contribution in [0.15, 0.2) is 21.6 Å². The number of furan rings is 1. The minimum atomic E-state index is -3.54. The van der Waals surface area contributed by atoms with Crippen LogP contribution >= 0.6 is 0 Å². The van der Waals surface area contributed by atoms with E-state index in [1.807, 2.05) is 13.8 Å². The molecular weight excluding hydrogens is 266 g/mol. The van der Waals surface area contributed by atoms with Crippen LogP contribution in [0.5, 0.6) is 0 Å². The van der Waals surface area contributed by atoms with Gasteiger partial charge in [-0.05, 0) is 38.8 Å². The van der Waals surface area contributed by atoms with Gasteiger partial charge in [0.25, 0.3) is 10.0 Å². The molecule has 0 radical (unpaired) electrons. The molecule has 0 atom stereocenters. The lowest BCUT2D eigenvalue weighted by Crippen LogP contribution is -2.25. The summed E-state index contributed by atoms with van der Waals surface area (Å²) in [4.78, 5) is 0. The van der Waals surface area contributed by atoms with Crippen LogP contribution in [-0.2, 0) is 10.0 Å². The summed E-state index contributed by atoms with van der Waals surface area (Å²) >= 11 is 0. The van der Waals surface area contributed by atoms with Gasteiger partial charge in [0.2, 0.25) is 5.09 Å². The maximum Gasteiger partial charge on any atom is 0.274 e. The number of aromatic nitrogens is 2. The number of H-pyrrole nitrogens is 1. The van der Waals surface area contributed by atoms with E-state index in [9.17, 15) is 8.42 Å². The predicted molar refractivity (Wildman–Crippen MR) is 69.1 cm³/mol. The van der Waals surface area contributed by atoms with Gasteiger partial charge in [0, 0.05) is 17.3 Å². The highest BCUT2D eigenvalue weighted by atomic mass is 32.2. The second kappa shape index (κ2) is 4.21. The lowest BCUT2D eigenvalue weighted by molar-refractivity contribution is 0.454. The van der Waals surface area contributed by atoms with Gasteiger partial charge in [-0.25, -0.2) is 13.1 Å². The van der Waals surface area contributed by atoms with Gasteiger partial charge < -0.3 is 4.42 Å². The molecule has 1 aliphatic carbocycles. The average molecular weight is 281 g/mol. The molecule has 0 bridgehead atoms. The number of nitrogens with one attached hydrogen (secondary N) is 2. The topological polar surface area (TPSA) is 88.0 Å². The van der Waals surface area contributed by atoms with E-state index in [2.05, 4.69) is 14.9 Å². The molecule has 0 amide bonds. The molecule has 0 spiro atoms. The largest absolute Gasteiger partial charge is 0.442 e. The fourth-order valence-electron chi connectivity index (χ4n) is 1.80. The molecule has 1 fully saturated rings. The van der Waals surface area contributed by atoms with Gasteiger partial charge >= 0.3 is 0 Å². The average Bonchev–Trinajstić information content (AvgIpc) is 2.89. The van der Waals surface area contributed by atoms with Gasteiger partial charge in [-0.2, -0.15) is 5.10 Å². The lowest BCUT2D eigenvalue weighted by atomic mass is 10.2. The lowest BCUT2D eigenvalue weighted by Gasteiger charge is -2.01. The number of nitrogens with zero attached hydrogens (tertiary/aromatic N) is 1. The summed E-state index contributed by atoms with van der Waals surface area (Å²) in [6.45, 7) is 3.81. The zero-order valence-electron chi connectivity index (χ0n) is 10.7. The van der Waals surface area contributed by atoms with Crippen LogP contribution in [0.2, 0.25) is 0 Å². The van der Waals surface area contributed by atoms with E-state index >= 15 is 0 Å². The molecule has 0 saturated heterocycles. The van der Waals surface area contributed by atoms with Gasteiger partial charge in [0.15, 0.2) is 5.76 Å². The van der Waals surface area contributed by atoms with Crippen molar-refractivity contribution in [1.29, 1.82) is 0 Å². The standard InChI is InChI=1S/C12H15N3O3S/c1-7-8(2)13-14-12(7)10-5-6-11(18-10)19(16,17)15-9-3-4-9/h5-6,9,15H,3-4H2,1-2H3,(H,13,14). The molecule has 1 saturated carbocycles. The van der Waals surface area contributed by atoms with Crippen molar-refractivity contribution in [1.82, 2.24) is 14.9 Å². The van der Waals surface area contributed by atoms with E-state index < -0.39 is 10.0 Å². The normalized spacial score (nSPS) is 15.9. The minimum Gasteiger partial charge on any atom is -0.442 e. The SMILES string of the molecule is Cc1[nH]nc(-c2ccc(S(=O)(=O)NC3CC3)o2)c1C. The van der Waals surface area contributed by atoms with Crippen LogP contribution in [0, 0.1) is 13.8 Å². The van der Waals surface area contributed by atoms with Gasteiger partial charge in [0.05, 0.1) is 0 Å². The molecule has 19 heavy (non-hydrogen) atoms. The summed E-state index contributed by atoms with van der Waals surface area (Å²) < 4.78 is 32.0. The van der Waals surface area contributed by atoms with Gasteiger partial charge in [-0.1, -0.05) is 0 Å². The number of hydrogen-bond donors (Lipinski definition) is 2. The molecule has 7 heteroatoms. The van der Waals surface area contributed by atoms with Crippen LogP contribution < -0.4 is 4.72 Å². The Balaban J connectivity index is 1.93. The third-order valence-electron chi connectivity index (χ3n) is 3.23. The number of hydrogen-bond acceptors (Lipinski definition) is 4. The summed E-state index contributed by atoms with van der Waals surface area (Å²) in [5, 5.41) is 6.91. The summed E-state index contributed by atoms with van der Waals surface area (Å²) in [6, 6.07) is 3.15. The quantitative estimate of drug-likeness (QED) is 0.893. The van der Waals surface area contributed by atoms with Crippen molar-refractivity contribution in [2.75, 3.05) is 0 Å². The Morgan fingerprint density at radius 2 is 2.11 bits per heavy atom. The molecule has 3 rings (SSSR count). The highest BCUT2D eigenvalue weighted by Crippen LogP contribution is 2.28. The van der Waals surface area contributed by atoms with Crippen LogP contribution in [0.25, 0.3) is 11.5 Å². The number of aromatic amines is 1. The molecule has 0 aromatic carbocycles. The van der Waals surface area contributed by atoms with Crippen molar-refractivity contribution >= 4 is 10.0 Å². The number of rotatable bonds is 4. The Kier molecular flexibility index (Phi) is 2.75. The molecular formula is C12H15N3O3S. The summed E-state index contributed by atoms with van der Waals surface area (Å²) in [5.74, 6) is 0.457. The van der Waals surface area contributed by atoms with Gasteiger partial charge in [-0.3, -0.25) is 5.10 Å². The van der Waals surface area contributed by atoms with E-state index in [-0.39, 0.29) is 11.1 Å². The minimum absolute atomic E-state index is 0.0607. The Morgan fingerprint density at radius 1 is 1.37 bits per heavy atom. The molecule has 1 aliphatic rings. The first kappa shape index (κ1) is 12.4. The maximum absolute atomic E-state index is 12.0. The first-order valence-electron chi connectivity index (χ1n) is 6.11. The molecule has 2 aromatic rings. The zero-order chi connectivity index (χ0) is 13.6. The molecule has 6 nitrogen and oxygen atoms in total. The highest BCUT2D eigenvalue weighted by molar-refractivity contribution is 7.89. The molecule has 2 aromatic heterocycles. The molecule has 0 unspecified atom stereocenters. The van der Waals surface area contributed by atoms with Crippen LogP contribution in [-0.4, -0.2) is 24.7 Å². The van der Waals surface area contributed by atoms with E-state index in [1.165, 1.54) is 6.07 Å². The van der Waals surface area contributed by atoms with Crippen molar-refractivity contribution in [2.24, 2.45) is 0 Å². The first-order chi connectivity index (χ1) is 8.97. The van der Waals surface area contributed by atoms with E-state index in [0.29, 0.717) is 11.5 Å². The summed E-state index contributed by atoms with van der Waals surface area (Å²) in [7, 11) is -3.54. The van der Waals surface area contributed by atoms with Crippen LogP contribution in [0.3, 0.4) is 0 Å². The first-order valence-corrected chi connectivity index (χ1v) is 7.60. The van der Waals surface area contributed by atoms with Crippen molar-refractivity contribution < 1.29 is 12.8 Å². The summed E-state index contributed by atoms with van der Waals surface area (Å²) in [6.07, 6.45) is 1.79. The monoisotopic (exact) mass is 281 g/mol. The van der Waals surface area contributed by atoms with Gasteiger partial charge in [0.1, 0.15) is 5.69 Å². The van der Waals surface area contributed by atoms with Gasteiger partial charge in [-0.15, -0.1) is 0 Å². The van der Waals surface area contributed by atoms with Crippen LogP contribution in [0.1, 0.15) is 24.1 Å². The fraction of sp³-hybridized carbons (Fsp3) is 0.417. The zero-order valence-corrected chi connectivity index (χ0v) is 11.5. The highest BCUT2D eigenvalue weighted by Gasteiger charge is 2.30. The summed E-state index contributed by atoms with van der Waals surface area (Å²) in [5.41, 5.74) is 2.53. The van der Waals surface area contributed by atoms with E-state index in [4.69, 9.17) is 4.42 Å². The van der Waals surface area contributed by atoms with Crippen molar-refractivity contribution in [2.45, 2.75) is 37.8 Å². The van der Waals surface area contributed by atoms with Crippen molar-refractivity contribution in [3.8, 4) is 11.5 Å². The Morgan fingerprint density at radius 3 is 2.68 bits per heavy atom. The third-order valence-corrected chi connectivity index (χ3v) is 4.62. The second-order valence-corrected chi connectivity index (χ2v) is 6.48. The van der Waals surface area contributed by atoms with Crippen molar-refractivity contribution in [3.63, 3.8) is 0 Å². The smallest absolute Gasteiger partial charge is 0.274 e. The molecule has 0 aliphatic heterocycles. The molecule has 2 N–H and O–H groups in total. The number of sulfonamides is 1. The third kappa shape index (κ3) is 2.31. The predicted octanol–water partition coefficient (Wildman–Crippen LogP) is 1.73. The Hall–Kier alpha value is -1.60.